The van der Waals surface area contributed by atoms with Gasteiger partial charge in [0.05, 0.1) is 40.0 Å². The van der Waals surface area contributed by atoms with Crippen molar-refractivity contribution in [3.05, 3.63) is 175 Å². The minimum absolute atomic E-state index is 0.446. The fourth-order valence-electron chi connectivity index (χ4n) is 7.67. The fourth-order valence-corrected chi connectivity index (χ4v) is 7.67. The Hall–Kier alpha value is -6.94. The number of benzene rings is 8. The summed E-state index contributed by atoms with van der Waals surface area (Å²) in [6, 6.07) is 61.3. The third kappa shape index (κ3) is 4.35. The predicted octanol–water partition coefficient (Wildman–Crippen LogP) is 11.8. The Labute approximate surface area is 283 Å². The largest absolute Gasteiger partial charge is 0.309 e. The fraction of sp³-hybridized carbons (Fsp3) is 0. The van der Waals surface area contributed by atoms with E-state index in [1.165, 1.54) is 10.8 Å². The Balaban J connectivity index is 1.45. The smallest absolute Gasteiger partial charge is 0.0998 e. The molecule has 0 fully saturated rings. The molecule has 9 rings (SSSR count). The lowest BCUT2D eigenvalue weighted by atomic mass is 9.81. The number of hydrogen-bond acceptors (Lipinski definition) is 2. The number of aromatic nitrogens is 1. The van der Waals surface area contributed by atoms with Gasteiger partial charge < -0.3 is 4.57 Å². The lowest BCUT2D eigenvalue weighted by Crippen LogP contribution is -2.00. The van der Waals surface area contributed by atoms with Crippen molar-refractivity contribution in [2.24, 2.45) is 0 Å². The van der Waals surface area contributed by atoms with Crippen molar-refractivity contribution >= 4 is 43.4 Å². The van der Waals surface area contributed by atoms with Crippen molar-refractivity contribution in [3.8, 4) is 51.2 Å². The Bertz CT molecular complexity index is 2740. The van der Waals surface area contributed by atoms with Crippen molar-refractivity contribution in [2.75, 3.05) is 0 Å². The molecule has 0 spiro atoms. The van der Waals surface area contributed by atoms with Crippen LogP contribution in [0.5, 0.6) is 0 Å². The predicted molar refractivity (Wildman–Crippen MR) is 202 cm³/mol. The zero-order chi connectivity index (χ0) is 32.9. The summed E-state index contributed by atoms with van der Waals surface area (Å²) in [7, 11) is 0. The molecule has 0 N–H and O–H groups in total. The second-order valence-electron chi connectivity index (χ2n) is 12.3. The van der Waals surface area contributed by atoms with Gasteiger partial charge in [0.15, 0.2) is 0 Å². The molecule has 0 saturated heterocycles. The van der Waals surface area contributed by atoms with Gasteiger partial charge in [-0.2, -0.15) is 10.5 Å². The number of para-hydroxylation sites is 3. The maximum atomic E-state index is 10.8. The summed E-state index contributed by atoms with van der Waals surface area (Å²) in [6.07, 6.45) is 0. The van der Waals surface area contributed by atoms with Crippen LogP contribution in [-0.2, 0) is 0 Å². The first-order valence-corrected chi connectivity index (χ1v) is 16.3. The average molecular weight is 622 g/mol. The van der Waals surface area contributed by atoms with Crippen molar-refractivity contribution in [3.63, 3.8) is 0 Å². The number of fused-ring (bicyclic) bond motifs is 5. The van der Waals surface area contributed by atoms with Crippen LogP contribution in [0, 0.1) is 22.7 Å². The Kier molecular flexibility index (Phi) is 6.58. The van der Waals surface area contributed by atoms with Crippen LogP contribution < -0.4 is 0 Å². The van der Waals surface area contributed by atoms with E-state index < -0.39 is 0 Å². The standard InChI is InChI=1S/C46H27N3/c47-28-30-26-32(29-48)45(46-38-21-6-4-19-36(38)44(31-14-2-1-3-15-31)37-20-5-7-22-39(37)46)40(27-30)35-18-10-13-25-43(35)49-41-23-11-8-16-33(41)34-17-9-12-24-42(34)49/h1-27H. The first-order valence-electron chi connectivity index (χ1n) is 16.3. The summed E-state index contributed by atoms with van der Waals surface area (Å²) in [5.74, 6) is 0. The first kappa shape index (κ1) is 28.3. The minimum Gasteiger partial charge on any atom is -0.309 e. The average Bonchev–Trinajstić information content (AvgIpc) is 3.51. The van der Waals surface area contributed by atoms with Gasteiger partial charge in [0.25, 0.3) is 0 Å². The summed E-state index contributed by atoms with van der Waals surface area (Å²) in [4.78, 5) is 0. The van der Waals surface area contributed by atoms with Crippen LogP contribution in [0.25, 0.3) is 82.4 Å². The molecular weight excluding hydrogens is 595 g/mol. The summed E-state index contributed by atoms with van der Waals surface area (Å²) < 4.78 is 2.31. The molecule has 0 aliphatic carbocycles. The van der Waals surface area contributed by atoms with E-state index in [0.717, 1.165) is 71.6 Å². The SMILES string of the molecule is N#Cc1cc(C#N)c(-c2c3ccccc3c(-c3ccccc3)c3ccccc23)c(-c2ccccc2-n2c3ccccc3c3ccccc32)c1. The first-order chi connectivity index (χ1) is 24.3. The van der Waals surface area contributed by atoms with E-state index in [9.17, 15) is 10.5 Å². The zero-order valence-corrected chi connectivity index (χ0v) is 26.4. The van der Waals surface area contributed by atoms with Gasteiger partial charge in [-0.25, -0.2) is 0 Å². The number of rotatable bonds is 4. The molecule has 0 radical (unpaired) electrons. The molecule has 0 unspecified atom stereocenters. The van der Waals surface area contributed by atoms with Crippen molar-refractivity contribution in [1.82, 2.24) is 4.57 Å². The maximum Gasteiger partial charge on any atom is 0.0998 e. The maximum absolute atomic E-state index is 10.8. The summed E-state index contributed by atoms with van der Waals surface area (Å²) in [6.45, 7) is 0. The summed E-state index contributed by atoms with van der Waals surface area (Å²) >= 11 is 0. The molecule has 0 bridgehead atoms. The Morgan fingerprint density at radius 1 is 0.388 bits per heavy atom. The van der Waals surface area contributed by atoms with Gasteiger partial charge in [-0.15, -0.1) is 0 Å². The highest BCUT2D eigenvalue weighted by atomic mass is 15.0. The topological polar surface area (TPSA) is 52.5 Å². The van der Waals surface area contributed by atoms with E-state index in [2.05, 4.69) is 156 Å². The molecule has 1 heterocycles. The minimum atomic E-state index is 0.446. The van der Waals surface area contributed by atoms with Crippen LogP contribution >= 0.6 is 0 Å². The number of nitriles is 2. The second-order valence-corrected chi connectivity index (χ2v) is 12.3. The molecule has 0 atom stereocenters. The molecule has 49 heavy (non-hydrogen) atoms. The molecule has 1 aromatic heterocycles. The molecule has 0 amide bonds. The zero-order valence-electron chi connectivity index (χ0n) is 26.4. The van der Waals surface area contributed by atoms with E-state index in [4.69, 9.17) is 0 Å². The quantitative estimate of drug-likeness (QED) is 0.184. The number of nitrogens with zero attached hydrogens (tertiary/aromatic N) is 3. The molecule has 0 saturated carbocycles. The third-order valence-electron chi connectivity index (χ3n) is 9.65. The van der Waals surface area contributed by atoms with Crippen molar-refractivity contribution < 1.29 is 0 Å². The highest BCUT2D eigenvalue weighted by Gasteiger charge is 2.24. The molecule has 226 valence electrons. The highest BCUT2D eigenvalue weighted by Crippen LogP contribution is 2.48. The van der Waals surface area contributed by atoms with E-state index in [0.29, 0.717) is 11.1 Å². The van der Waals surface area contributed by atoms with Gasteiger partial charge in [-0.3, -0.25) is 0 Å². The van der Waals surface area contributed by atoms with Crippen LogP contribution in [0.1, 0.15) is 11.1 Å². The molecule has 0 aliphatic rings. The molecule has 0 aliphatic heterocycles. The lowest BCUT2D eigenvalue weighted by molar-refractivity contribution is 1.18. The molecule has 8 aromatic carbocycles. The normalized spacial score (nSPS) is 11.2. The van der Waals surface area contributed by atoms with E-state index in [1.54, 1.807) is 6.07 Å². The van der Waals surface area contributed by atoms with Gasteiger partial charge in [-0.05, 0) is 74.1 Å². The molecular formula is C46H27N3. The number of hydrogen-bond donors (Lipinski definition) is 0. The van der Waals surface area contributed by atoms with Crippen molar-refractivity contribution in [2.45, 2.75) is 0 Å². The van der Waals surface area contributed by atoms with Gasteiger partial charge in [0.2, 0.25) is 0 Å². The Morgan fingerprint density at radius 3 is 1.45 bits per heavy atom. The van der Waals surface area contributed by atoms with Crippen molar-refractivity contribution in [1.29, 1.82) is 10.5 Å². The third-order valence-corrected chi connectivity index (χ3v) is 9.65. The van der Waals surface area contributed by atoms with Crippen LogP contribution in [-0.4, -0.2) is 4.57 Å². The van der Waals surface area contributed by atoms with Gasteiger partial charge in [-0.1, -0.05) is 133 Å². The van der Waals surface area contributed by atoms with E-state index in [1.807, 2.05) is 18.2 Å². The van der Waals surface area contributed by atoms with Crippen LogP contribution in [0.3, 0.4) is 0 Å². The Morgan fingerprint density at radius 2 is 0.878 bits per heavy atom. The highest BCUT2D eigenvalue weighted by molar-refractivity contribution is 6.23. The molecule has 3 nitrogen and oxygen atoms in total. The molecule has 9 aromatic rings. The van der Waals surface area contributed by atoms with E-state index in [-0.39, 0.29) is 0 Å². The molecule has 3 heteroatoms. The monoisotopic (exact) mass is 621 g/mol. The second kappa shape index (κ2) is 11.4. The lowest BCUT2D eigenvalue weighted by Gasteiger charge is -2.22. The summed E-state index contributed by atoms with van der Waals surface area (Å²) in [5, 5.41) is 27.8. The summed E-state index contributed by atoms with van der Waals surface area (Å²) in [5.41, 5.74) is 9.98. The van der Waals surface area contributed by atoms with Crippen LogP contribution in [0.4, 0.5) is 0 Å². The van der Waals surface area contributed by atoms with Crippen LogP contribution in [0.15, 0.2) is 164 Å². The van der Waals surface area contributed by atoms with E-state index >= 15 is 0 Å². The van der Waals surface area contributed by atoms with Gasteiger partial charge in [0.1, 0.15) is 0 Å². The van der Waals surface area contributed by atoms with Crippen LogP contribution in [0.2, 0.25) is 0 Å². The van der Waals surface area contributed by atoms with Gasteiger partial charge >= 0.3 is 0 Å². The van der Waals surface area contributed by atoms with Gasteiger partial charge in [0, 0.05) is 21.9 Å².